The summed E-state index contributed by atoms with van der Waals surface area (Å²) in [6.07, 6.45) is 1.12. The summed E-state index contributed by atoms with van der Waals surface area (Å²) in [5, 5.41) is 9.21. The van der Waals surface area contributed by atoms with Gasteiger partial charge in [0.2, 0.25) is 5.91 Å². The number of nitrogens with zero attached hydrogens (tertiary/aromatic N) is 1. The van der Waals surface area contributed by atoms with Crippen molar-refractivity contribution in [2.45, 2.75) is 25.8 Å². The molecule has 0 radical (unpaired) electrons. The molecule has 1 aliphatic heterocycles. The van der Waals surface area contributed by atoms with Gasteiger partial charge < -0.3 is 10.0 Å². The van der Waals surface area contributed by atoms with Crippen molar-refractivity contribution < 1.29 is 14.7 Å². The molecule has 0 saturated heterocycles. The maximum absolute atomic E-state index is 11.5. The number of rotatable bonds is 1. The Morgan fingerprint density at radius 2 is 1.94 bits per heavy atom. The van der Waals surface area contributed by atoms with Crippen molar-refractivity contribution in [1.82, 2.24) is 4.90 Å². The average molecular weight is 233 g/mol. The van der Waals surface area contributed by atoms with E-state index in [0.29, 0.717) is 13.0 Å². The average Bonchev–Trinajstić information content (AvgIpc) is 2.47. The number of fused-ring (bicyclic) bond motifs is 1. The first kappa shape index (κ1) is 11.6. The van der Waals surface area contributed by atoms with Crippen molar-refractivity contribution in [1.29, 1.82) is 0 Å². The molecule has 1 aromatic rings. The molecule has 1 atom stereocenters. The second-order valence-electron chi connectivity index (χ2n) is 4.29. The van der Waals surface area contributed by atoms with Crippen LogP contribution >= 0.6 is 0 Å². The molecule has 4 heteroatoms. The third kappa shape index (κ3) is 2.30. The lowest BCUT2D eigenvalue weighted by molar-refractivity contribution is -0.149. The molecule has 90 valence electrons. The minimum atomic E-state index is -0.933. The number of hydrogen-bond acceptors (Lipinski definition) is 2. The summed E-state index contributed by atoms with van der Waals surface area (Å²) < 4.78 is 0. The van der Waals surface area contributed by atoms with E-state index in [0.717, 1.165) is 17.5 Å². The smallest absolute Gasteiger partial charge is 0.326 e. The lowest BCUT2D eigenvalue weighted by atomic mass is 10.0. The highest BCUT2D eigenvalue weighted by atomic mass is 16.4. The normalized spacial score (nSPS) is 19.4. The van der Waals surface area contributed by atoms with Gasteiger partial charge in [-0.2, -0.15) is 0 Å². The summed E-state index contributed by atoms with van der Waals surface area (Å²) in [5.74, 6) is -1.11. The summed E-state index contributed by atoms with van der Waals surface area (Å²) in [7, 11) is 0. The molecule has 1 heterocycles. The van der Waals surface area contributed by atoms with Gasteiger partial charge in [0.05, 0.1) is 0 Å². The van der Waals surface area contributed by atoms with Crippen molar-refractivity contribution in [3.05, 3.63) is 35.4 Å². The lowest BCUT2D eigenvalue weighted by Crippen LogP contribution is -2.45. The first-order valence-electron chi connectivity index (χ1n) is 5.66. The third-order valence-electron chi connectivity index (χ3n) is 3.22. The first-order valence-corrected chi connectivity index (χ1v) is 5.66. The second kappa shape index (κ2) is 4.57. The Hall–Kier alpha value is -1.84. The molecule has 17 heavy (non-hydrogen) atoms. The quantitative estimate of drug-likeness (QED) is 0.789. The Bertz CT molecular complexity index is 456. The Kier molecular flexibility index (Phi) is 3.13. The zero-order valence-corrected chi connectivity index (χ0v) is 9.72. The zero-order valence-electron chi connectivity index (χ0n) is 9.72. The Morgan fingerprint density at radius 3 is 2.53 bits per heavy atom. The van der Waals surface area contributed by atoms with E-state index in [1.807, 2.05) is 24.3 Å². The predicted molar refractivity (Wildman–Crippen MR) is 62.7 cm³/mol. The molecule has 1 unspecified atom stereocenters. The van der Waals surface area contributed by atoms with E-state index in [-0.39, 0.29) is 5.91 Å². The van der Waals surface area contributed by atoms with E-state index >= 15 is 0 Å². The highest BCUT2D eigenvalue weighted by Crippen LogP contribution is 2.20. The first-order chi connectivity index (χ1) is 8.09. The summed E-state index contributed by atoms with van der Waals surface area (Å²) in [4.78, 5) is 24.2. The Balaban J connectivity index is 2.35. The fraction of sp³-hybridized carbons (Fsp3) is 0.385. The SMILES string of the molecule is CC(=O)N1CCc2ccccc2CC1C(=O)O. The van der Waals surface area contributed by atoms with Crippen molar-refractivity contribution in [3.63, 3.8) is 0 Å². The number of carbonyl (C=O) groups excluding carboxylic acids is 1. The van der Waals surface area contributed by atoms with Gasteiger partial charge in [0.15, 0.2) is 0 Å². The van der Waals surface area contributed by atoms with Gasteiger partial charge in [-0.1, -0.05) is 24.3 Å². The largest absolute Gasteiger partial charge is 0.480 e. The topological polar surface area (TPSA) is 57.6 Å². The summed E-state index contributed by atoms with van der Waals surface area (Å²) in [6, 6.07) is 7.04. The molecule has 0 fully saturated rings. The number of aliphatic carboxylic acids is 1. The molecule has 0 saturated carbocycles. The minimum absolute atomic E-state index is 0.176. The monoisotopic (exact) mass is 233 g/mol. The minimum Gasteiger partial charge on any atom is -0.480 e. The van der Waals surface area contributed by atoms with Crippen molar-refractivity contribution in [3.8, 4) is 0 Å². The van der Waals surface area contributed by atoms with Gasteiger partial charge in [-0.05, 0) is 17.5 Å². The highest BCUT2D eigenvalue weighted by molar-refractivity contribution is 5.82. The maximum atomic E-state index is 11.5. The van der Waals surface area contributed by atoms with E-state index in [1.54, 1.807) is 0 Å². The molecule has 1 aliphatic rings. The second-order valence-corrected chi connectivity index (χ2v) is 4.29. The van der Waals surface area contributed by atoms with Gasteiger partial charge in [-0.15, -0.1) is 0 Å². The molecule has 4 nitrogen and oxygen atoms in total. The van der Waals surface area contributed by atoms with Gasteiger partial charge in [0, 0.05) is 19.9 Å². The van der Waals surface area contributed by atoms with Crippen LogP contribution in [0, 0.1) is 0 Å². The number of amides is 1. The van der Waals surface area contributed by atoms with Crippen LogP contribution in [0.25, 0.3) is 0 Å². The predicted octanol–water partition coefficient (Wildman–Crippen LogP) is 1.09. The molecular weight excluding hydrogens is 218 g/mol. The van der Waals surface area contributed by atoms with E-state index in [2.05, 4.69) is 0 Å². The van der Waals surface area contributed by atoms with Crippen molar-refractivity contribution in [2.75, 3.05) is 6.54 Å². The summed E-state index contributed by atoms with van der Waals surface area (Å²) in [6.45, 7) is 1.90. The molecule has 2 rings (SSSR count). The number of benzene rings is 1. The molecule has 0 spiro atoms. The van der Waals surface area contributed by atoms with Gasteiger partial charge in [-0.3, -0.25) is 4.79 Å². The van der Waals surface area contributed by atoms with Gasteiger partial charge in [0.25, 0.3) is 0 Å². The molecule has 0 aliphatic carbocycles. The number of carboxylic acid groups (broad SMARTS) is 1. The van der Waals surface area contributed by atoms with Gasteiger partial charge in [0.1, 0.15) is 6.04 Å². The summed E-state index contributed by atoms with van der Waals surface area (Å²) in [5.41, 5.74) is 2.17. The van der Waals surface area contributed by atoms with Crippen LogP contribution in [0.3, 0.4) is 0 Å². The van der Waals surface area contributed by atoms with Crippen LogP contribution in [0.2, 0.25) is 0 Å². The maximum Gasteiger partial charge on any atom is 0.326 e. The lowest BCUT2D eigenvalue weighted by Gasteiger charge is -2.25. The van der Waals surface area contributed by atoms with Crippen molar-refractivity contribution >= 4 is 11.9 Å². The summed E-state index contributed by atoms with van der Waals surface area (Å²) >= 11 is 0. The molecule has 0 aromatic heterocycles. The Morgan fingerprint density at radius 1 is 1.29 bits per heavy atom. The molecular formula is C13H15NO3. The molecule has 1 amide bonds. The standard InChI is InChI=1S/C13H15NO3/c1-9(15)14-7-6-10-4-2-3-5-11(10)8-12(14)13(16)17/h2-5,12H,6-8H2,1H3,(H,16,17). The van der Waals surface area contributed by atoms with Crippen LogP contribution in [0.1, 0.15) is 18.1 Å². The van der Waals surface area contributed by atoms with Gasteiger partial charge in [-0.25, -0.2) is 4.79 Å². The van der Waals surface area contributed by atoms with E-state index < -0.39 is 12.0 Å². The van der Waals surface area contributed by atoms with Crippen LogP contribution in [-0.2, 0) is 22.4 Å². The van der Waals surface area contributed by atoms with Crippen LogP contribution in [0.15, 0.2) is 24.3 Å². The zero-order chi connectivity index (χ0) is 12.4. The van der Waals surface area contributed by atoms with E-state index in [1.165, 1.54) is 11.8 Å². The fourth-order valence-corrected chi connectivity index (χ4v) is 2.31. The fourth-order valence-electron chi connectivity index (χ4n) is 2.31. The molecule has 0 bridgehead atoms. The number of carboxylic acids is 1. The third-order valence-corrected chi connectivity index (χ3v) is 3.22. The highest BCUT2D eigenvalue weighted by Gasteiger charge is 2.30. The molecule has 1 aromatic carbocycles. The van der Waals surface area contributed by atoms with Gasteiger partial charge >= 0.3 is 5.97 Å². The number of carbonyl (C=O) groups is 2. The van der Waals surface area contributed by atoms with Crippen LogP contribution < -0.4 is 0 Å². The van der Waals surface area contributed by atoms with Crippen molar-refractivity contribution in [2.24, 2.45) is 0 Å². The van der Waals surface area contributed by atoms with Crippen LogP contribution in [0.5, 0.6) is 0 Å². The van der Waals surface area contributed by atoms with Crippen LogP contribution in [0.4, 0.5) is 0 Å². The Labute approximate surface area is 99.9 Å². The van der Waals surface area contributed by atoms with E-state index in [4.69, 9.17) is 0 Å². The molecule has 1 N–H and O–H groups in total. The van der Waals surface area contributed by atoms with Crippen LogP contribution in [-0.4, -0.2) is 34.5 Å². The van der Waals surface area contributed by atoms with E-state index in [9.17, 15) is 14.7 Å². The number of hydrogen-bond donors (Lipinski definition) is 1.